The molecule has 0 unspecified atom stereocenters. The SMILES string of the molecule is Cc1ccsc1C(=O)Nc1ccc(N2CCN(C)CC2)cc1/C=C/c1n[nH]c2ccccc12. The Balaban J connectivity index is 1.48. The number of anilines is 2. The van der Waals surface area contributed by atoms with E-state index in [0.29, 0.717) is 0 Å². The van der Waals surface area contributed by atoms with Gasteiger partial charge in [-0.3, -0.25) is 9.89 Å². The number of nitrogens with one attached hydrogen (secondary N) is 2. The van der Waals surface area contributed by atoms with Crippen LogP contribution in [0.25, 0.3) is 23.1 Å². The summed E-state index contributed by atoms with van der Waals surface area (Å²) < 4.78 is 0. The Morgan fingerprint density at radius 1 is 1.09 bits per heavy atom. The minimum atomic E-state index is -0.0743. The summed E-state index contributed by atoms with van der Waals surface area (Å²) in [6.07, 6.45) is 4.05. The van der Waals surface area contributed by atoms with Gasteiger partial charge in [0.25, 0.3) is 5.91 Å². The summed E-state index contributed by atoms with van der Waals surface area (Å²) >= 11 is 1.46. The molecule has 0 aliphatic carbocycles. The molecule has 3 heterocycles. The van der Waals surface area contributed by atoms with E-state index in [0.717, 1.165) is 64.5 Å². The molecule has 1 fully saturated rings. The summed E-state index contributed by atoms with van der Waals surface area (Å²) in [5.74, 6) is -0.0743. The van der Waals surface area contributed by atoms with Crippen molar-refractivity contribution in [1.29, 1.82) is 0 Å². The molecule has 7 heteroatoms. The molecule has 2 aromatic heterocycles. The van der Waals surface area contributed by atoms with Crippen molar-refractivity contribution in [3.63, 3.8) is 0 Å². The third kappa shape index (κ3) is 4.55. The summed E-state index contributed by atoms with van der Waals surface area (Å²) in [6, 6.07) is 16.3. The van der Waals surface area contributed by atoms with Crippen molar-refractivity contribution in [2.45, 2.75) is 6.92 Å². The Morgan fingerprint density at radius 3 is 2.70 bits per heavy atom. The number of benzene rings is 2. The van der Waals surface area contributed by atoms with Gasteiger partial charge < -0.3 is 15.1 Å². The number of fused-ring (bicyclic) bond motifs is 1. The number of hydrogen-bond acceptors (Lipinski definition) is 5. The van der Waals surface area contributed by atoms with Crippen LogP contribution in [0.2, 0.25) is 0 Å². The van der Waals surface area contributed by atoms with Gasteiger partial charge in [-0.25, -0.2) is 0 Å². The van der Waals surface area contributed by atoms with Crippen LogP contribution in [0.15, 0.2) is 53.9 Å². The van der Waals surface area contributed by atoms with Crippen molar-refractivity contribution in [2.75, 3.05) is 43.4 Å². The lowest BCUT2D eigenvalue weighted by Crippen LogP contribution is -2.44. The zero-order valence-electron chi connectivity index (χ0n) is 18.8. The smallest absolute Gasteiger partial charge is 0.266 e. The van der Waals surface area contributed by atoms with Crippen LogP contribution in [0.1, 0.15) is 26.5 Å². The molecule has 1 amide bonds. The maximum atomic E-state index is 12.9. The maximum Gasteiger partial charge on any atom is 0.266 e. The number of para-hydroxylation sites is 1. The number of aryl methyl sites for hydroxylation is 1. The van der Waals surface area contributed by atoms with E-state index in [1.165, 1.54) is 17.0 Å². The third-order valence-electron chi connectivity index (χ3n) is 6.14. The van der Waals surface area contributed by atoms with E-state index < -0.39 is 0 Å². The Kier molecular flexibility index (Phi) is 5.98. The highest BCUT2D eigenvalue weighted by atomic mass is 32.1. The number of thiophene rings is 1. The first-order valence-electron chi connectivity index (χ1n) is 11.1. The summed E-state index contributed by atoms with van der Waals surface area (Å²) in [7, 11) is 2.16. The number of nitrogens with zero attached hydrogens (tertiary/aromatic N) is 3. The van der Waals surface area contributed by atoms with Gasteiger partial charge in [0.2, 0.25) is 0 Å². The van der Waals surface area contributed by atoms with Gasteiger partial charge in [-0.1, -0.05) is 24.3 Å². The van der Waals surface area contributed by atoms with Crippen LogP contribution in [0.3, 0.4) is 0 Å². The van der Waals surface area contributed by atoms with Crippen molar-refractivity contribution in [1.82, 2.24) is 15.1 Å². The van der Waals surface area contributed by atoms with E-state index in [4.69, 9.17) is 0 Å². The largest absolute Gasteiger partial charge is 0.369 e. The number of H-pyrrole nitrogens is 1. The zero-order chi connectivity index (χ0) is 22.8. The van der Waals surface area contributed by atoms with Crippen molar-refractivity contribution in [3.05, 3.63) is 75.6 Å². The lowest BCUT2D eigenvalue weighted by Gasteiger charge is -2.34. The zero-order valence-corrected chi connectivity index (χ0v) is 19.7. The molecule has 0 saturated carbocycles. The molecule has 4 aromatic rings. The van der Waals surface area contributed by atoms with Crippen LogP contribution in [-0.2, 0) is 0 Å². The summed E-state index contributed by atoms with van der Waals surface area (Å²) in [5, 5.41) is 13.7. The first-order valence-corrected chi connectivity index (χ1v) is 12.0. The van der Waals surface area contributed by atoms with Gasteiger partial charge in [0, 0.05) is 48.5 Å². The molecule has 5 rings (SSSR count). The van der Waals surface area contributed by atoms with Crippen LogP contribution >= 0.6 is 11.3 Å². The van der Waals surface area contributed by atoms with Gasteiger partial charge in [-0.05, 0) is 61.3 Å². The summed E-state index contributed by atoms with van der Waals surface area (Å²) in [4.78, 5) is 18.4. The molecule has 0 atom stereocenters. The minimum absolute atomic E-state index is 0.0743. The van der Waals surface area contributed by atoms with Crippen LogP contribution < -0.4 is 10.2 Å². The third-order valence-corrected chi connectivity index (χ3v) is 7.16. The van der Waals surface area contributed by atoms with Crippen LogP contribution in [0.5, 0.6) is 0 Å². The van der Waals surface area contributed by atoms with Gasteiger partial charge in [0.1, 0.15) is 0 Å². The maximum absolute atomic E-state index is 12.9. The lowest BCUT2D eigenvalue weighted by molar-refractivity contribution is 0.103. The molecular formula is C26H27N5OS. The predicted octanol–water partition coefficient (Wildman–Crippen LogP) is 5.11. The molecule has 33 heavy (non-hydrogen) atoms. The lowest BCUT2D eigenvalue weighted by atomic mass is 10.1. The predicted molar refractivity (Wildman–Crippen MR) is 138 cm³/mol. The first-order chi connectivity index (χ1) is 16.1. The Hall–Kier alpha value is -3.42. The van der Waals surface area contributed by atoms with Crippen molar-refractivity contribution in [2.24, 2.45) is 0 Å². The second-order valence-corrected chi connectivity index (χ2v) is 9.35. The highest BCUT2D eigenvalue weighted by molar-refractivity contribution is 7.12. The quantitative estimate of drug-likeness (QED) is 0.437. The topological polar surface area (TPSA) is 64.3 Å². The van der Waals surface area contributed by atoms with Gasteiger partial charge in [0.15, 0.2) is 0 Å². The number of amides is 1. The van der Waals surface area contributed by atoms with Gasteiger partial charge in [-0.2, -0.15) is 5.10 Å². The molecule has 0 bridgehead atoms. The average molecular weight is 458 g/mol. The molecular weight excluding hydrogens is 430 g/mol. The number of aromatic nitrogens is 2. The fourth-order valence-electron chi connectivity index (χ4n) is 4.13. The fourth-order valence-corrected chi connectivity index (χ4v) is 4.95. The number of carbonyl (C=O) groups is 1. The highest BCUT2D eigenvalue weighted by Crippen LogP contribution is 2.28. The summed E-state index contributed by atoms with van der Waals surface area (Å²) in [6.45, 7) is 6.03. The fraction of sp³-hybridized carbons (Fsp3) is 0.231. The van der Waals surface area contributed by atoms with Crippen LogP contribution in [-0.4, -0.2) is 54.2 Å². The van der Waals surface area contributed by atoms with Gasteiger partial charge >= 0.3 is 0 Å². The van der Waals surface area contributed by atoms with Crippen molar-refractivity contribution < 1.29 is 4.79 Å². The van der Waals surface area contributed by atoms with E-state index in [2.05, 4.69) is 50.6 Å². The molecule has 1 aliphatic heterocycles. The van der Waals surface area contributed by atoms with Gasteiger partial charge in [-0.15, -0.1) is 11.3 Å². The number of aromatic amines is 1. The first kappa shape index (κ1) is 21.4. The molecule has 0 spiro atoms. The average Bonchev–Trinajstić information content (AvgIpc) is 3.45. The van der Waals surface area contributed by atoms with E-state index in [9.17, 15) is 4.79 Å². The Bertz CT molecular complexity index is 1310. The second-order valence-electron chi connectivity index (χ2n) is 8.44. The summed E-state index contributed by atoms with van der Waals surface area (Å²) in [5.41, 5.74) is 5.79. The molecule has 1 saturated heterocycles. The second kappa shape index (κ2) is 9.21. The molecule has 0 radical (unpaired) electrons. The van der Waals surface area contributed by atoms with E-state index in [1.54, 1.807) is 0 Å². The molecule has 1 aliphatic rings. The van der Waals surface area contributed by atoms with E-state index in [1.807, 2.05) is 54.8 Å². The number of likely N-dealkylation sites (N-methyl/N-ethyl adjacent to an activating group) is 1. The minimum Gasteiger partial charge on any atom is -0.369 e. The number of hydrogen-bond donors (Lipinski definition) is 2. The monoisotopic (exact) mass is 457 g/mol. The highest BCUT2D eigenvalue weighted by Gasteiger charge is 2.17. The number of piperazine rings is 1. The molecule has 2 aromatic carbocycles. The number of carbonyl (C=O) groups excluding carboxylic acids is 1. The Morgan fingerprint density at radius 2 is 1.91 bits per heavy atom. The van der Waals surface area contributed by atoms with Crippen LogP contribution in [0.4, 0.5) is 11.4 Å². The van der Waals surface area contributed by atoms with Crippen LogP contribution in [0, 0.1) is 6.92 Å². The number of rotatable bonds is 5. The van der Waals surface area contributed by atoms with E-state index in [-0.39, 0.29) is 5.91 Å². The Labute approximate surface area is 197 Å². The van der Waals surface area contributed by atoms with E-state index >= 15 is 0 Å². The molecule has 168 valence electrons. The van der Waals surface area contributed by atoms with Gasteiger partial charge in [0.05, 0.1) is 16.1 Å². The molecule has 2 N–H and O–H groups in total. The normalized spacial score (nSPS) is 14.9. The standard InChI is InChI=1S/C26H27N5OS/c1-18-11-16-33-25(18)26(32)27-22-10-8-20(31-14-12-30(2)13-15-31)17-19(22)7-9-24-21-5-3-4-6-23(21)28-29-24/h3-11,16-17H,12-15H2,1-2H3,(H,27,32)(H,28,29)/b9-7+. The van der Waals surface area contributed by atoms with Crippen molar-refractivity contribution >= 4 is 51.7 Å². The van der Waals surface area contributed by atoms with Crippen molar-refractivity contribution in [3.8, 4) is 0 Å². The molecule has 6 nitrogen and oxygen atoms in total.